The van der Waals surface area contributed by atoms with Crippen LogP contribution in [0.15, 0.2) is 42.1 Å². The van der Waals surface area contributed by atoms with E-state index >= 15 is 0 Å². The largest absolute Gasteiger partial charge is 0.478 e. The molecule has 0 unspecified atom stereocenters. The first kappa shape index (κ1) is 17.3. The number of aliphatic carboxylic acids is 1. The number of carboxylic acids is 1. The summed E-state index contributed by atoms with van der Waals surface area (Å²) in [4.78, 5) is 10.7. The monoisotopic (exact) mass is 313 g/mol. The molecule has 1 aromatic heterocycles. The number of benzene rings is 1. The third-order valence-corrected chi connectivity index (χ3v) is 4.32. The van der Waals surface area contributed by atoms with Crippen LogP contribution in [0.5, 0.6) is 0 Å². The molecule has 1 heterocycles. The van der Waals surface area contributed by atoms with Crippen molar-refractivity contribution in [1.29, 1.82) is 0 Å². The molecule has 0 saturated heterocycles. The molecular weight excluding hydrogens is 286 g/mol. The Labute approximate surface area is 138 Å². The fraction of sp³-hybridized carbons (Fsp3) is 0.450. The van der Waals surface area contributed by atoms with Crippen LogP contribution in [0.2, 0.25) is 0 Å². The van der Waals surface area contributed by atoms with Crippen LogP contribution in [0.4, 0.5) is 0 Å². The van der Waals surface area contributed by atoms with Crippen LogP contribution in [0.3, 0.4) is 0 Å². The molecule has 0 aliphatic carbocycles. The van der Waals surface area contributed by atoms with Crippen molar-refractivity contribution in [3.05, 3.63) is 47.7 Å². The van der Waals surface area contributed by atoms with Gasteiger partial charge in [0, 0.05) is 23.8 Å². The molecule has 3 heteroatoms. The first-order valence-electron chi connectivity index (χ1n) is 8.29. The maximum absolute atomic E-state index is 10.7. The Bertz CT molecular complexity index is 714. The number of rotatable bonds is 6. The van der Waals surface area contributed by atoms with E-state index < -0.39 is 5.97 Å². The number of carboxylic acid groups (broad SMARTS) is 1. The van der Waals surface area contributed by atoms with E-state index in [-0.39, 0.29) is 0 Å². The van der Waals surface area contributed by atoms with Gasteiger partial charge < -0.3 is 9.67 Å². The Morgan fingerprint density at radius 2 is 1.83 bits per heavy atom. The molecule has 0 bridgehead atoms. The minimum Gasteiger partial charge on any atom is -0.478 e. The van der Waals surface area contributed by atoms with Crippen LogP contribution in [0.1, 0.15) is 46.2 Å². The van der Waals surface area contributed by atoms with Gasteiger partial charge in [0.2, 0.25) is 0 Å². The molecule has 23 heavy (non-hydrogen) atoms. The van der Waals surface area contributed by atoms with E-state index in [9.17, 15) is 4.79 Å². The predicted octanol–water partition coefficient (Wildman–Crippen LogP) is 5.07. The molecule has 0 saturated carbocycles. The smallest absolute Gasteiger partial charge is 0.328 e. The second kappa shape index (κ2) is 7.03. The van der Waals surface area contributed by atoms with Gasteiger partial charge in [0.25, 0.3) is 0 Å². The van der Waals surface area contributed by atoms with E-state index in [1.165, 1.54) is 17.0 Å². The number of hydrogen-bond acceptors (Lipinski definition) is 1. The van der Waals surface area contributed by atoms with Gasteiger partial charge >= 0.3 is 5.97 Å². The summed E-state index contributed by atoms with van der Waals surface area (Å²) in [5.41, 5.74) is 3.26. The van der Waals surface area contributed by atoms with Crippen molar-refractivity contribution in [2.45, 2.75) is 47.1 Å². The molecule has 124 valence electrons. The van der Waals surface area contributed by atoms with Crippen molar-refractivity contribution in [3.63, 3.8) is 0 Å². The molecule has 1 N–H and O–H groups in total. The summed E-state index contributed by atoms with van der Waals surface area (Å²) in [5.74, 6) is 0.267. The average molecular weight is 313 g/mol. The van der Waals surface area contributed by atoms with Crippen LogP contribution in [-0.2, 0) is 11.2 Å². The molecule has 0 amide bonds. The van der Waals surface area contributed by atoms with Gasteiger partial charge in [0.1, 0.15) is 0 Å². The zero-order valence-electron chi connectivity index (χ0n) is 14.7. The van der Waals surface area contributed by atoms with Crippen LogP contribution in [0.25, 0.3) is 10.9 Å². The minimum atomic E-state index is -0.883. The molecule has 0 atom stereocenters. The topological polar surface area (TPSA) is 42.2 Å². The fourth-order valence-electron chi connectivity index (χ4n) is 3.58. The number of allylic oxidation sites excluding steroid dienone is 1. The first-order valence-corrected chi connectivity index (χ1v) is 8.29. The first-order chi connectivity index (χ1) is 10.8. The summed E-state index contributed by atoms with van der Waals surface area (Å²) >= 11 is 0. The number of carbonyl (C=O) groups is 1. The Balaban J connectivity index is 2.35. The second-order valence-electron chi connectivity index (χ2n) is 7.10. The van der Waals surface area contributed by atoms with Gasteiger partial charge in [-0.3, -0.25) is 0 Å². The van der Waals surface area contributed by atoms with Crippen LogP contribution in [-0.4, -0.2) is 15.6 Å². The minimum absolute atomic E-state index is 0.479. The Morgan fingerprint density at radius 1 is 1.17 bits per heavy atom. The zero-order chi connectivity index (χ0) is 17.1. The maximum Gasteiger partial charge on any atom is 0.328 e. The third-order valence-electron chi connectivity index (χ3n) is 4.32. The Kier molecular flexibility index (Phi) is 5.30. The van der Waals surface area contributed by atoms with Crippen molar-refractivity contribution in [2.75, 3.05) is 0 Å². The van der Waals surface area contributed by atoms with Gasteiger partial charge in [-0.05, 0) is 54.3 Å². The van der Waals surface area contributed by atoms with Crippen molar-refractivity contribution in [3.8, 4) is 0 Å². The molecule has 0 aliphatic rings. The SMILES string of the molecule is CC(=CC(=O)O)Cc1ccc2c(ccn2C(C(C)C)C(C)C)c1. The van der Waals surface area contributed by atoms with E-state index in [0.717, 1.165) is 11.1 Å². The van der Waals surface area contributed by atoms with E-state index in [2.05, 4.69) is 62.7 Å². The summed E-state index contributed by atoms with van der Waals surface area (Å²) < 4.78 is 2.38. The summed E-state index contributed by atoms with van der Waals surface area (Å²) in [6.07, 6.45) is 4.13. The molecular formula is C20H27NO2. The van der Waals surface area contributed by atoms with E-state index in [4.69, 9.17) is 5.11 Å². The van der Waals surface area contributed by atoms with Crippen molar-refractivity contribution >= 4 is 16.9 Å². The van der Waals surface area contributed by atoms with E-state index in [0.29, 0.717) is 24.3 Å². The molecule has 0 radical (unpaired) electrons. The van der Waals surface area contributed by atoms with Crippen molar-refractivity contribution in [2.24, 2.45) is 11.8 Å². The van der Waals surface area contributed by atoms with Crippen LogP contribution < -0.4 is 0 Å². The second-order valence-corrected chi connectivity index (χ2v) is 7.10. The third kappa shape index (κ3) is 4.04. The van der Waals surface area contributed by atoms with Gasteiger partial charge in [0.15, 0.2) is 0 Å². The van der Waals surface area contributed by atoms with Crippen molar-refractivity contribution in [1.82, 2.24) is 4.57 Å². The molecule has 2 rings (SSSR count). The summed E-state index contributed by atoms with van der Waals surface area (Å²) in [6, 6.07) is 9.08. The fourth-order valence-corrected chi connectivity index (χ4v) is 3.58. The number of nitrogens with zero attached hydrogens (tertiary/aromatic N) is 1. The van der Waals surface area contributed by atoms with E-state index in [1.807, 2.05) is 6.92 Å². The molecule has 1 aromatic carbocycles. The highest BCUT2D eigenvalue weighted by Gasteiger charge is 2.20. The van der Waals surface area contributed by atoms with E-state index in [1.54, 1.807) is 0 Å². The molecule has 0 aliphatic heterocycles. The summed E-state index contributed by atoms with van der Waals surface area (Å²) in [7, 11) is 0. The van der Waals surface area contributed by atoms with Crippen molar-refractivity contribution < 1.29 is 9.90 Å². The number of aromatic nitrogens is 1. The lowest BCUT2D eigenvalue weighted by molar-refractivity contribution is -0.131. The summed E-state index contributed by atoms with van der Waals surface area (Å²) in [5, 5.41) is 10.0. The lowest BCUT2D eigenvalue weighted by Gasteiger charge is -2.27. The average Bonchev–Trinajstić information content (AvgIpc) is 2.80. The normalized spacial score (nSPS) is 12.8. The Hall–Kier alpha value is -2.03. The molecule has 0 spiro atoms. The van der Waals surface area contributed by atoms with Crippen LogP contribution >= 0.6 is 0 Å². The van der Waals surface area contributed by atoms with Gasteiger partial charge in [-0.2, -0.15) is 0 Å². The maximum atomic E-state index is 10.7. The van der Waals surface area contributed by atoms with Gasteiger partial charge in [0.05, 0.1) is 0 Å². The number of fused-ring (bicyclic) bond motifs is 1. The highest BCUT2D eigenvalue weighted by atomic mass is 16.4. The summed E-state index contributed by atoms with van der Waals surface area (Å²) in [6.45, 7) is 10.9. The predicted molar refractivity (Wildman–Crippen MR) is 95.7 cm³/mol. The highest BCUT2D eigenvalue weighted by Crippen LogP contribution is 2.31. The zero-order valence-corrected chi connectivity index (χ0v) is 14.7. The van der Waals surface area contributed by atoms with Gasteiger partial charge in [-0.15, -0.1) is 0 Å². The molecule has 3 nitrogen and oxygen atoms in total. The van der Waals surface area contributed by atoms with Gasteiger partial charge in [-0.1, -0.05) is 39.3 Å². The highest BCUT2D eigenvalue weighted by molar-refractivity contribution is 5.82. The Morgan fingerprint density at radius 3 is 2.39 bits per heavy atom. The molecule has 0 fully saturated rings. The van der Waals surface area contributed by atoms with Crippen LogP contribution in [0, 0.1) is 11.8 Å². The lowest BCUT2D eigenvalue weighted by Crippen LogP contribution is -2.19. The lowest BCUT2D eigenvalue weighted by atomic mass is 9.93. The quantitative estimate of drug-likeness (QED) is 0.757. The standard InChI is InChI=1S/C20H27NO2/c1-13(2)20(14(3)4)21-9-8-17-12-16(6-7-18(17)21)10-15(5)11-19(22)23/h6-9,11-14,20H,10H2,1-5H3,(H,22,23). The van der Waals surface area contributed by atoms with Gasteiger partial charge in [-0.25, -0.2) is 4.79 Å². The number of hydrogen-bond donors (Lipinski definition) is 1. The molecule has 2 aromatic rings.